The average molecular weight is 677 g/mol. The zero-order valence-electron chi connectivity index (χ0n) is 26.6. The van der Waals surface area contributed by atoms with Gasteiger partial charge in [-0.15, -0.1) is 0 Å². The summed E-state index contributed by atoms with van der Waals surface area (Å²) in [4.78, 5) is 26.2. The van der Waals surface area contributed by atoms with Gasteiger partial charge in [-0.1, -0.05) is 80.6 Å². The molecule has 0 aliphatic heterocycles. The molecular weight excluding hydrogens is 638 g/mol. The van der Waals surface area contributed by atoms with Gasteiger partial charge in [-0.2, -0.15) is 26.3 Å². The summed E-state index contributed by atoms with van der Waals surface area (Å²) in [7, 11) is 1.42. The van der Waals surface area contributed by atoms with E-state index in [0.29, 0.717) is 14.2 Å². The van der Waals surface area contributed by atoms with E-state index in [1.165, 1.54) is 57.2 Å². The van der Waals surface area contributed by atoms with Gasteiger partial charge in [-0.3, -0.25) is 0 Å². The summed E-state index contributed by atoms with van der Waals surface area (Å²) < 4.78 is 106. The Hall–Kier alpha value is -3.46. The number of carbonyl (C=O) groups excluding carboxylic acids is 2. The topological polar surface area (TPSA) is 112 Å². The molecule has 0 bridgehead atoms. The molecule has 1 saturated carbocycles. The lowest BCUT2D eigenvalue weighted by atomic mass is 9.57. The van der Waals surface area contributed by atoms with E-state index in [2.05, 4.69) is 0 Å². The Bertz CT molecular complexity index is 1410. The van der Waals surface area contributed by atoms with E-state index >= 15 is 0 Å². The number of methoxy groups -OCH3 is 2. The predicted molar refractivity (Wildman–Crippen MR) is 156 cm³/mol. The first-order valence-electron chi connectivity index (χ1n) is 14.5. The van der Waals surface area contributed by atoms with Crippen LogP contribution in [0.25, 0.3) is 0 Å². The summed E-state index contributed by atoms with van der Waals surface area (Å²) in [6.07, 6.45) is -11.9. The quantitative estimate of drug-likeness (QED) is 0.182. The number of hydrogen-bond acceptors (Lipinski definition) is 8. The van der Waals surface area contributed by atoms with Crippen LogP contribution in [0.15, 0.2) is 72.8 Å². The van der Waals surface area contributed by atoms with E-state index in [0.717, 1.165) is 43.3 Å². The van der Waals surface area contributed by atoms with Crippen LogP contribution >= 0.6 is 0 Å². The molecule has 6 atom stereocenters. The van der Waals surface area contributed by atoms with Gasteiger partial charge in [0.15, 0.2) is 0 Å². The normalized spacial score (nSPS) is 26.6. The third-order valence-corrected chi connectivity index (χ3v) is 8.74. The van der Waals surface area contributed by atoms with Crippen molar-refractivity contribution in [3.05, 3.63) is 83.9 Å². The van der Waals surface area contributed by atoms with Crippen LogP contribution in [0.5, 0.6) is 0 Å². The highest BCUT2D eigenvalue weighted by molar-refractivity contribution is 5.83. The number of esters is 2. The Labute approximate surface area is 268 Å². The van der Waals surface area contributed by atoms with Crippen molar-refractivity contribution in [2.75, 3.05) is 14.2 Å². The average Bonchev–Trinajstić information content (AvgIpc) is 2.95. The minimum absolute atomic E-state index is 0.259. The molecule has 14 heteroatoms. The molecule has 1 fully saturated rings. The van der Waals surface area contributed by atoms with Gasteiger partial charge in [0, 0.05) is 37.2 Å². The number of halogens is 6. The standard InChI is InChI=1S/C33H38F6O8/c1-21(46-25(40)30(44-5,32(34,35)36)22-13-9-7-10-14-22)17-18-29(43)27(2,3)19-24(20-28(29,4)42)47-26(41)31(45-6,33(37,38)39)23-15-11-8-12-16-23/h7-18,21,24,42-43H,19-20H2,1-6H3/b18-17+/t21-,24?,28+,29+,30+,31+/m0/s1. The van der Waals surface area contributed by atoms with E-state index in [9.17, 15) is 46.1 Å². The molecule has 0 amide bonds. The molecule has 0 radical (unpaired) electrons. The fourth-order valence-corrected chi connectivity index (χ4v) is 6.19. The molecule has 8 nitrogen and oxygen atoms in total. The molecule has 1 aliphatic rings. The van der Waals surface area contributed by atoms with Crippen LogP contribution in [-0.2, 0) is 39.7 Å². The Balaban J connectivity index is 1.87. The first kappa shape index (κ1) is 38.0. The highest BCUT2D eigenvalue weighted by atomic mass is 19.4. The summed E-state index contributed by atoms with van der Waals surface area (Å²) in [5.74, 6) is -3.56. The van der Waals surface area contributed by atoms with E-state index in [1.54, 1.807) is 0 Å². The smallest absolute Gasteiger partial charge is 0.432 e. The zero-order valence-corrected chi connectivity index (χ0v) is 26.6. The maximum absolute atomic E-state index is 14.4. The lowest BCUT2D eigenvalue weighted by molar-refractivity contribution is -0.283. The molecule has 0 spiro atoms. The van der Waals surface area contributed by atoms with Gasteiger partial charge in [0.05, 0.1) is 5.60 Å². The molecule has 3 rings (SSSR count). The van der Waals surface area contributed by atoms with Crippen molar-refractivity contribution in [2.24, 2.45) is 5.41 Å². The number of aliphatic hydroxyl groups is 2. The molecule has 0 aromatic heterocycles. The Morgan fingerprint density at radius 1 is 0.787 bits per heavy atom. The maximum Gasteiger partial charge on any atom is 0.432 e. The second kappa shape index (κ2) is 13.2. The third-order valence-electron chi connectivity index (χ3n) is 8.74. The van der Waals surface area contributed by atoms with Crippen molar-refractivity contribution in [3.8, 4) is 0 Å². The van der Waals surface area contributed by atoms with Crippen LogP contribution in [0.1, 0.15) is 51.7 Å². The minimum atomic E-state index is -5.24. The first-order valence-corrected chi connectivity index (χ1v) is 14.5. The van der Waals surface area contributed by atoms with E-state index < -0.39 is 81.9 Å². The Kier molecular flexibility index (Phi) is 10.7. The number of carbonyl (C=O) groups is 2. The summed E-state index contributed by atoms with van der Waals surface area (Å²) in [5, 5.41) is 23.2. The fraction of sp³-hybridized carbons (Fsp3) is 0.515. The van der Waals surface area contributed by atoms with E-state index in [-0.39, 0.29) is 6.42 Å². The van der Waals surface area contributed by atoms with Crippen LogP contribution in [0.2, 0.25) is 0 Å². The van der Waals surface area contributed by atoms with Crippen LogP contribution < -0.4 is 0 Å². The van der Waals surface area contributed by atoms with Gasteiger partial charge in [-0.05, 0) is 26.3 Å². The largest absolute Gasteiger partial charge is 0.460 e. The molecule has 47 heavy (non-hydrogen) atoms. The van der Waals surface area contributed by atoms with Crippen LogP contribution in [0.3, 0.4) is 0 Å². The molecule has 260 valence electrons. The van der Waals surface area contributed by atoms with Gasteiger partial charge < -0.3 is 29.2 Å². The summed E-state index contributed by atoms with van der Waals surface area (Å²) in [6.45, 7) is 5.28. The third kappa shape index (κ3) is 6.65. The lowest BCUT2D eigenvalue weighted by Gasteiger charge is -2.55. The summed E-state index contributed by atoms with van der Waals surface area (Å²) in [5.41, 5.74) is -13.8. The van der Waals surface area contributed by atoms with Crippen molar-refractivity contribution in [1.29, 1.82) is 0 Å². The number of rotatable bonds is 10. The van der Waals surface area contributed by atoms with Gasteiger partial charge in [0.2, 0.25) is 0 Å². The molecule has 2 aromatic carbocycles. The second-order valence-corrected chi connectivity index (χ2v) is 12.3. The van der Waals surface area contributed by atoms with Gasteiger partial charge in [-0.25, -0.2) is 9.59 Å². The van der Waals surface area contributed by atoms with E-state index in [1.807, 2.05) is 0 Å². The predicted octanol–water partition coefficient (Wildman–Crippen LogP) is 5.90. The molecule has 2 aromatic rings. The SMILES string of the molecule is CO[C@@](C(=O)OC1CC(C)(C)[C@](O)(/C=C/[C@H](C)OC(=O)[C@](OC)(c2ccccc2)C(F)(F)F)[C@](C)(O)C1)(c1ccccc1)C(F)(F)F. The highest BCUT2D eigenvalue weighted by Crippen LogP contribution is 2.52. The maximum atomic E-state index is 14.4. The zero-order chi connectivity index (χ0) is 35.7. The molecule has 2 N–H and O–H groups in total. The summed E-state index contributed by atoms with van der Waals surface area (Å²) in [6, 6.07) is 12.3. The van der Waals surface area contributed by atoms with Crippen molar-refractivity contribution in [3.63, 3.8) is 0 Å². The van der Waals surface area contributed by atoms with Crippen LogP contribution in [0.4, 0.5) is 26.3 Å². The fourth-order valence-electron chi connectivity index (χ4n) is 6.19. The highest BCUT2D eigenvalue weighted by Gasteiger charge is 2.66. The minimum Gasteiger partial charge on any atom is -0.460 e. The lowest BCUT2D eigenvalue weighted by Crippen LogP contribution is -2.66. The van der Waals surface area contributed by atoms with Crippen molar-refractivity contribution in [2.45, 2.75) is 87.5 Å². The molecular formula is C33H38F6O8. The van der Waals surface area contributed by atoms with Crippen molar-refractivity contribution < 1.29 is 65.1 Å². The Morgan fingerprint density at radius 3 is 1.60 bits per heavy atom. The van der Waals surface area contributed by atoms with Crippen molar-refractivity contribution >= 4 is 11.9 Å². The monoisotopic (exact) mass is 676 g/mol. The second-order valence-electron chi connectivity index (χ2n) is 12.3. The number of alkyl halides is 6. The number of hydrogen-bond donors (Lipinski definition) is 2. The molecule has 0 saturated heterocycles. The molecule has 0 heterocycles. The van der Waals surface area contributed by atoms with E-state index in [4.69, 9.17) is 18.9 Å². The molecule has 1 aliphatic carbocycles. The van der Waals surface area contributed by atoms with Crippen LogP contribution in [0, 0.1) is 5.41 Å². The molecule has 1 unspecified atom stereocenters. The number of ether oxygens (including phenoxy) is 4. The van der Waals surface area contributed by atoms with Gasteiger partial charge in [0.25, 0.3) is 11.2 Å². The van der Waals surface area contributed by atoms with Crippen LogP contribution in [-0.4, -0.2) is 72.1 Å². The summed E-state index contributed by atoms with van der Waals surface area (Å²) >= 11 is 0. The van der Waals surface area contributed by atoms with Gasteiger partial charge in [0.1, 0.15) is 17.8 Å². The van der Waals surface area contributed by atoms with Gasteiger partial charge >= 0.3 is 24.3 Å². The number of benzene rings is 2. The Morgan fingerprint density at radius 2 is 1.21 bits per heavy atom. The first-order chi connectivity index (χ1) is 21.6. The van der Waals surface area contributed by atoms with Crippen molar-refractivity contribution in [1.82, 2.24) is 0 Å².